The molecule has 1 aliphatic carbocycles. The molecule has 1 aliphatic heterocycles. The Morgan fingerprint density at radius 2 is 1.78 bits per heavy atom. The maximum Gasteiger partial charge on any atom is 0.269 e. The van der Waals surface area contributed by atoms with Gasteiger partial charge < -0.3 is 10.2 Å². The Morgan fingerprint density at radius 3 is 2.46 bits per heavy atom. The summed E-state index contributed by atoms with van der Waals surface area (Å²) in [6.45, 7) is 1.38. The third-order valence-electron chi connectivity index (χ3n) is 6.90. The van der Waals surface area contributed by atoms with Gasteiger partial charge in [0.15, 0.2) is 0 Å². The van der Waals surface area contributed by atoms with Crippen molar-refractivity contribution in [1.82, 2.24) is 14.5 Å². The van der Waals surface area contributed by atoms with E-state index in [1.54, 1.807) is 37.3 Å². The highest BCUT2D eigenvalue weighted by Crippen LogP contribution is 2.30. The van der Waals surface area contributed by atoms with Crippen LogP contribution in [0.1, 0.15) is 61.4 Å². The molecule has 0 unspecified atom stereocenters. The highest BCUT2D eigenvalue weighted by atomic mass is 35.5. The molecule has 2 aliphatic rings. The standard InChI is InChI=1S/C26H29Cl2N3O5S/c1-17(25(33)29-19-7-3-2-4-8-19)30(16-18-11-12-21(27)22(28)15-18)24(32)13-14-31-26(34)20-9-5-6-10-23(20)37(31,35)36/h5-6,9-12,15,17,19H,2-4,7-8,13-14,16H2,1H3,(H,29,33)/t17-/m1/s1. The van der Waals surface area contributed by atoms with Crippen molar-refractivity contribution in [3.05, 3.63) is 63.6 Å². The molecule has 3 amide bonds. The smallest absolute Gasteiger partial charge is 0.269 e. The minimum Gasteiger partial charge on any atom is -0.352 e. The quantitative estimate of drug-likeness (QED) is 0.511. The fourth-order valence-corrected chi connectivity index (χ4v) is 6.67. The number of fused-ring (bicyclic) bond motifs is 1. The summed E-state index contributed by atoms with van der Waals surface area (Å²) in [5, 5.41) is 3.73. The van der Waals surface area contributed by atoms with Gasteiger partial charge in [-0.15, -0.1) is 0 Å². The van der Waals surface area contributed by atoms with Crippen molar-refractivity contribution in [2.45, 2.75) is 69.0 Å². The number of sulfonamides is 1. The number of nitrogens with zero attached hydrogens (tertiary/aromatic N) is 2. The molecule has 8 nitrogen and oxygen atoms in total. The van der Waals surface area contributed by atoms with Gasteiger partial charge in [-0.25, -0.2) is 12.7 Å². The van der Waals surface area contributed by atoms with Gasteiger partial charge in [0.2, 0.25) is 11.8 Å². The number of hydrogen-bond acceptors (Lipinski definition) is 5. The number of halogens is 2. The van der Waals surface area contributed by atoms with E-state index in [2.05, 4.69) is 5.32 Å². The second-order valence-electron chi connectivity index (χ2n) is 9.42. The summed E-state index contributed by atoms with van der Waals surface area (Å²) in [6.07, 6.45) is 4.76. The zero-order valence-corrected chi connectivity index (χ0v) is 22.8. The first kappa shape index (κ1) is 27.4. The Labute approximate surface area is 227 Å². The zero-order chi connectivity index (χ0) is 26.7. The first-order chi connectivity index (χ1) is 17.6. The van der Waals surface area contributed by atoms with Gasteiger partial charge in [-0.3, -0.25) is 14.4 Å². The average molecular weight is 567 g/mol. The minimum atomic E-state index is -4.04. The van der Waals surface area contributed by atoms with Crippen LogP contribution in [0.3, 0.4) is 0 Å². The molecule has 2 aromatic rings. The molecule has 198 valence electrons. The van der Waals surface area contributed by atoms with Crippen LogP contribution in [0.15, 0.2) is 47.4 Å². The lowest BCUT2D eigenvalue weighted by Gasteiger charge is -2.31. The summed E-state index contributed by atoms with van der Waals surface area (Å²) in [5.41, 5.74) is 0.750. The van der Waals surface area contributed by atoms with Crippen molar-refractivity contribution in [1.29, 1.82) is 0 Å². The van der Waals surface area contributed by atoms with Crippen molar-refractivity contribution in [3.8, 4) is 0 Å². The van der Waals surface area contributed by atoms with E-state index >= 15 is 0 Å². The van der Waals surface area contributed by atoms with Crippen LogP contribution in [0.4, 0.5) is 0 Å². The first-order valence-corrected chi connectivity index (χ1v) is 14.5. The van der Waals surface area contributed by atoms with E-state index in [4.69, 9.17) is 23.2 Å². The van der Waals surface area contributed by atoms with E-state index in [9.17, 15) is 22.8 Å². The lowest BCUT2D eigenvalue weighted by molar-refractivity contribution is -0.141. The number of carbonyl (C=O) groups excluding carboxylic acids is 3. The van der Waals surface area contributed by atoms with E-state index in [1.165, 1.54) is 17.0 Å². The summed E-state index contributed by atoms with van der Waals surface area (Å²) in [5.74, 6) is -1.41. The molecule has 2 aromatic carbocycles. The van der Waals surface area contributed by atoms with Crippen LogP contribution in [0.2, 0.25) is 10.0 Å². The molecule has 1 heterocycles. The number of rotatable bonds is 8. The van der Waals surface area contributed by atoms with E-state index < -0.39 is 27.9 Å². The molecule has 4 rings (SSSR count). The van der Waals surface area contributed by atoms with Gasteiger partial charge in [-0.05, 0) is 49.6 Å². The van der Waals surface area contributed by atoms with Crippen LogP contribution < -0.4 is 5.32 Å². The topological polar surface area (TPSA) is 104 Å². The molecule has 1 atom stereocenters. The molecular formula is C26H29Cl2N3O5S. The third-order valence-corrected chi connectivity index (χ3v) is 9.48. The normalized spacial score (nSPS) is 17.8. The molecule has 1 fully saturated rings. The molecule has 11 heteroatoms. The first-order valence-electron chi connectivity index (χ1n) is 12.3. The largest absolute Gasteiger partial charge is 0.352 e. The lowest BCUT2D eigenvalue weighted by Crippen LogP contribution is -2.50. The lowest BCUT2D eigenvalue weighted by atomic mass is 9.95. The molecule has 0 saturated heterocycles. The van der Waals surface area contributed by atoms with Gasteiger partial charge in [0, 0.05) is 25.6 Å². The summed E-state index contributed by atoms with van der Waals surface area (Å²) in [7, 11) is -4.04. The highest BCUT2D eigenvalue weighted by molar-refractivity contribution is 7.90. The molecular weight excluding hydrogens is 537 g/mol. The summed E-state index contributed by atoms with van der Waals surface area (Å²) >= 11 is 12.2. The molecule has 0 aromatic heterocycles. The number of amides is 3. The van der Waals surface area contributed by atoms with Crippen molar-refractivity contribution < 1.29 is 22.8 Å². The van der Waals surface area contributed by atoms with Crippen molar-refractivity contribution in [2.24, 2.45) is 0 Å². The molecule has 37 heavy (non-hydrogen) atoms. The van der Waals surface area contributed by atoms with Crippen molar-refractivity contribution in [2.75, 3.05) is 6.54 Å². The van der Waals surface area contributed by atoms with E-state index in [0.29, 0.717) is 15.6 Å². The van der Waals surface area contributed by atoms with Crippen molar-refractivity contribution >= 4 is 50.9 Å². The molecule has 1 saturated carbocycles. The number of benzene rings is 2. The Kier molecular flexibility index (Phi) is 8.46. The molecule has 0 radical (unpaired) electrons. The highest BCUT2D eigenvalue weighted by Gasteiger charge is 2.41. The van der Waals surface area contributed by atoms with Crippen LogP contribution in [0, 0.1) is 0 Å². The van der Waals surface area contributed by atoms with Crippen LogP contribution in [-0.2, 0) is 26.2 Å². The number of carbonyl (C=O) groups is 3. The third kappa shape index (κ3) is 5.94. The molecule has 1 N–H and O–H groups in total. The Bertz CT molecular complexity index is 1310. The Balaban J connectivity index is 1.51. The summed E-state index contributed by atoms with van der Waals surface area (Å²) < 4.78 is 26.5. The van der Waals surface area contributed by atoms with E-state index in [1.807, 2.05) is 0 Å². The predicted octanol–water partition coefficient (Wildman–Crippen LogP) is 4.39. The zero-order valence-electron chi connectivity index (χ0n) is 20.5. The number of hydrogen-bond donors (Lipinski definition) is 1. The van der Waals surface area contributed by atoms with Crippen LogP contribution in [-0.4, -0.2) is 54.0 Å². The maximum absolute atomic E-state index is 13.4. The fourth-order valence-electron chi connectivity index (χ4n) is 4.78. The number of nitrogens with one attached hydrogen (secondary N) is 1. The maximum atomic E-state index is 13.4. The molecule has 0 spiro atoms. The van der Waals surface area contributed by atoms with Crippen LogP contribution in [0.5, 0.6) is 0 Å². The van der Waals surface area contributed by atoms with Gasteiger partial charge in [-0.2, -0.15) is 0 Å². The fraction of sp³-hybridized carbons (Fsp3) is 0.423. The summed E-state index contributed by atoms with van der Waals surface area (Å²) in [4.78, 5) is 40.6. The monoisotopic (exact) mass is 565 g/mol. The Morgan fingerprint density at radius 1 is 1.08 bits per heavy atom. The minimum absolute atomic E-state index is 0.0654. The Hall–Kier alpha value is -2.62. The second kappa shape index (κ2) is 11.4. The second-order valence-corrected chi connectivity index (χ2v) is 12.1. The van der Waals surface area contributed by atoms with Gasteiger partial charge in [-0.1, -0.05) is 60.7 Å². The van der Waals surface area contributed by atoms with Gasteiger partial charge in [0.05, 0.1) is 15.6 Å². The summed E-state index contributed by atoms with van der Waals surface area (Å²) in [6, 6.07) is 10.2. The average Bonchev–Trinajstić information content (AvgIpc) is 3.08. The van der Waals surface area contributed by atoms with Gasteiger partial charge in [0.25, 0.3) is 15.9 Å². The van der Waals surface area contributed by atoms with Crippen molar-refractivity contribution in [3.63, 3.8) is 0 Å². The van der Waals surface area contributed by atoms with Gasteiger partial charge in [0.1, 0.15) is 10.9 Å². The van der Waals surface area contributed by atoms with Crippen LogP contribution in [0.25, 0.3) is 0 Å². The SMILES string of the molecule is C[C@H](C(=O)NC1CCCCC1)N(Cc1ccc(Cl)c(Cl)c1)C(=O)CCN1C(=O)c2ccccc2S1(=O)=O. The van der Waals surface area contributed by atoms with Gasteiger partial charge >= 0.3 is 0 Å². The van der Waals surface area contributed by atoms with Crippen LogP contribution >= 0.6 is 23.2 Å². The predicted molar refractivity (Wildman–Crippen MR) is 141 cm³/mol. The van der Waals surface area contributed by atoms with E-state index in [0.717, 1.165) is 36.4 Å². The van der Waals surface area contributed by atoms with E-state index in [-0.39, 0.29) is 41.9 Å². The molecule has 0 bridgehead atoms.